The van der Waals surface area contributed by atoms with E-state index >= 15 is 0 Å². The van der Waals surface area contributed by atoms with Gasteiger partial charge in [0.15, 0.2) is 0 Å². The van der Waals surface area contributed by atoms with Gasteiger partial charge in [0.05, 0.1) is 17.7 Å². The van der Waals surface area contributed by atoms with Crippen molar-refractivity contribution in [3.63, 3.8) is 0 Å². The summed E-state index contributed by atoms with van der Waals surface area (Å²) >= 11 is 0. The number of benzene rings is 2. The molecule has 31 heavy (non-hydrogen) atoms. The van der Waals surface area contributed by atoms with Crippen molar-refractivity contribution in [3.05, 3.63) is 52.8 Å². The molecule has 0 bridgehead atoms. The number of hydrogen-bond donors (Lipinski definition) is 2. The lowest BCUT2D eigenvalue weighted by Gasteiger charge is -2.23. The van der Waals surface area contributed by atoms with Gasteiger partial charge in [0.1, 0.15) is 30.3 Å². The average molecular weight is 420 g/mol. The number of rotatable bonds is 4. The van der Waals surface area contributed by atoms with Gasteiger partial charge in [0, 0.05) is 25.1 Å². The molecule has 2 aliphatic heterocycles. The van der Waals surface area contributed by atoms with Gasteiger partial charge in [0.25, 0.3) is 5.91 Å². The van der Waals surface area contributed by atoms with E-state index in [2.05, 4.69) is 16.7 Å². The molecular formula is C23H21FN4O3. The highest BCUT2D eigenvalue weighted by molar-refractivity contribution is 5.82. The molecule has 2 aliphatic rings. The van der Waals surface area contributed by atoms with Crippen LogP contribution in [0.3, 0.4) is 0 Å². The molecular weight excluding hydrogens is 399 g/mol. The van der Waals surface area contributed by atoms with Crippen molar-refractivity contribution >= 4 is 5.91 Å². The molecule has 2 atom stereocenters. The van der Waals surface area contributed by atoms with Gasteiger partial charge in [-0.05, 0) is 53.9 Å². The molecule has 0 aliphatic carbocycles. The zero-order valence-electron chi connectivity index (χ0n) is 16.8. The van der Waals surface area contributed by atoms with E-state index in [9.17, 15) is 14.4 Å². The molecule has 2 heterocycles. The van der Waals surface area contributed by atoms with Crippen LogP contribution in [0.15, 0.2) is 30.3 Å². The summed E-state index contributed by atoms with van der Waals surface area (Å²) in [5.74, 6) is -0.411. The van der Waals surface area contributed by atoms with E-state index in [1.165, 1.54) is 6.07 Å². The molecule has 8 heteroatoms. The molecule has 158 valence electrons. The largest absolute Gasteiger partial charge is 0.488 e. The Labute approximate surface area is 179 Å². The normalized spacial score (nSPS) is 18.2. The first-order valence-corrected chi connectivity index (χ1v) is 10.1. The minimum atomic E-state index is -0.909. The Hall–Kier alpha value is -3.46. The van der Waals surface area contributed by atoms with Gasteiger partial charge >= 0.3 is 0 Å². The molecule has 0 aromatic heterocycles. The van der Waals surface area contributed by atoms with Crippen molar-refractivity contribution < 1.29 is 18.7 Å². The smallest absolute Gasteiger partial charge is 0.251 e. The van der Waals surface area contributed by atoms with Crippen LogP contribution in [0.1, 0.15) is 23.1 Å². The number of nitriles is 2. The summed E-state index contributed by atoms with van der Waals surface area (Å²) in [6.07, 6.45) is 0.127. The van der Waals surface area contributed by atoms with Crippen molar-refractivity contribution in [2.24, 2.45) is 0 Å². The minimum absolute atomic E-state index is 0.00401. The number of ether oxygens (including phenoxy) is 2. The fraction of sp³-hybridized carbons (Fsp3) is 0.348. The Kier molecular flexibility index (Phi) is 6.13. The first kappa shape index (κ1) is 20.8. The topological polar surface area (TPSA) is 107 Å². The summed E-state index contributed by atoms with van der Waals surface area (Å²) in [6.45, 7) is 1.91. The third kappa shape index (κ3) is 4.51. The number of halogens is 1. The predicted octanol–water partition coefficient (Wildman–Crippen LogP) is 2.19. The number of nitrogens with zero attached hydrogens (tertiary/aromatic N) is 2. The maximum Gasteiger partial charge on any atom is 0.251 e. The number of fused-ring (bicyclic) bond motifs is 3. The van der Waals surface area contributed by atoms with Crippen LogP contribution in [0.5, 0.6) is 5.75 Å². The van der Waals surface area contributed by atoms with E-state index < -0.39 is 23.9 Å². The van der Waals surface area contributed by atoms with Gasteiger partial charge < -0.3 is 20.1 Å². The second kappa shape index (κ2) is 9.13. The van der Waals surface area contributed by atoms with Crippen molar-refractivity contribution in [2.45, 2.75) is 31.6 Å². The minimum Gasteiger partial charge on any atom is -0.488 e. The fourth-order valence-electron chi connectivity index (χ4n) is 3.76. The molecule has 7 nitrogen and oxygen atoms in total. The Morgan fingerprint density at radius 2 is 2.16 bits per heavy atom. The lowest BCUT2D eigenvalue weighted by atomic mass is 9.93. The van der Waals surface area contributed by atoms with Crippen LogP contribution >= 0.6 is 0 Å². The van der Waals surface area contributed by atoms with Crippen molar-refractivity contribution in [3.8, 4) is 29.0 Å². The Bertz CT molecular complexity index is 1080. The van der Waals surface area contributed by atoms with Crippen LogP contribution in [0.2, 0.25) is 0 Å². The molecule has 1 fully saturated rings. The van der Waals surface area contributed by atoms with Gasteiger partial charge in [-0.15, -0.1) is 0 Å². The van der Waals surface area contributed by atoms with E-state index in [1.807, 2.05) is 6.07 Å². The molecule has 0 saturated carbocycles. The summed E-state index contributed by atoms with van der Waals surface area (Å²) in [7, 11) is 0. The first-order valence-electron chi connectivity index (χ1n) is 10.1. The Balaban J connectivity index is 1.53. The molecule has 1 amide bonds. The first-order chi connectivity index (χ1) is 15.1. The average Bonchev–Trinajstić information content (AvgIpc) is 3.08. The number of amides is 1. The van der Waals surface area contributed by atoms with E-state index in [0.29, 0.717) is 36.6 Å². The summed E-state index contributed by atoms with van der Waals surface area (Å²) in [6, 6.07) is 11.3. The van der Waals surface area contributed by atoms with E-state index in [4.69, 9.17) is 14.7 Å². The van der Waals surface area contributed by atoms with Crippen molar-refractivity contribution in [1.29, 1.82) is 10.5 Å². The molecule has 1 saturated heterocycles. The molecule has 2 N–H and O–H groups in total. The second-order valence-electron chi connectivity index (χ2n) is 7.52. The summed E-state index contributed by atoms with van der Waals surface area (Å²) in [5.41, 5.74) is 2.95. The molecule has 0 spiro atoms. The van der Waals surface area contributed by atoms with Crippen molar-refractivity contribution in [1.82, 2.24) is 10.6 Å². The highest BCUT2D eigenvalue weighted by atomic mass is 19.1. The number of hydrogen-bond acceptors (Lipinski definition) is 6. The molecule has 0 unspecified atom stereocenters. The van der Waals surface area contributed by atoms with Gasteiger partial charge in [-0.3, -0.25) is 4.79 Å². The summed E-state index contributed by atoms with van der Waals surface area (Å²) in [4.78, 5) is 12.5. The number of carbonyl (C=O) groups is 1. The fourth-order valence-corrected chi connectivity index (χ4v) is 3.76. The maximum absolute atomic E-state index is 14.9. The maximum atomic E-state index is 14.9. The van der Waals surface area contributed by atoms with E-state index in [0.717, 1.165) is 24.1 Å². The monoisotopic (exact) mass is 420 g/mol. The SMILES string of the molecule is N#Cc1ccc2c(c1)-c1cc(F)c(C[C@H](C#N)NC(=O)[C@@H]3CNCCCO3)cc1OC2. The quantitative estimate of drug-likeness (QED) is 0.785. The van der Waals surface area contributed by atoms with Crippen LogP contribution in [0, 0.1) is 28.5 Å². The highest BCUT2D eigenvalue weighted by Gasteiger charge is 2.25. The standard InChI is InChI=1S/C23H21FN4O3/c24-20-9-19-18-6-14(10-25)2-3-15(18)13-31-21(19)8-16(20)7-17(11-26)28-23(29)22-12-27-4-1-5-30-22/h2-3,6,8-9,17,22,27H,1,4-5,7,12-13H2,(H,28,29)/t17-,22+/m1/s1. The lowest BCUT2D eigenvalue weighted by Crippen LogP contribution is -2.46. The zero-order valence-corrected chi connectivity index (χ0v) is 16.8. The van der Waals surface area contributed by atoms with Crippen LogP contribution in [-0.4, -0.2) is 37.7 Å². The molecule has 0 radical (unpaired) electrons. The third-order valence-electron chi connectivity index (χ3n) is 5.40. The highest BCUT2D eigenvalue weighted by Crippen LogP contribution is 2.39. The number of carbonyl (C=O) groups excluding carboxylic acids is 1. The van der Waals surface area contributed by atoms with Crippen molar-refractivity contribution in [2.75, 3.05) is 19.7 Å². The predicted molar refractivity (Wildman–Crippen MR) is 109 cm³/mol. The molecule has 2 aromatic rings. The second-order valence-corrected chi connectivity index (χ2v) is 7.52. The van der Waals surface area contributed by atoms with E-state index in [1.54, 1.807) is 24.3 Å². The van der Waals surface area contributed by atoms with Crippen LogP contribution in [0.25, 0.3) is 11.1 Å². The van der Waals surface area contributed by atoms with Crippen LogP contribution < -0.4 is 15.4 Å². The molecule has 2 aromatic carbocycles. The van der Waals surface area contributed by atoms with Gasteiger partial charge in [-0.2, -0.15) is 10.5 Å². The molecule has 4 rings (SSSR count). The van der Waals surface area contributed by atoms with E-state index in [-0.39, 0.29) is 12.0 Å². The summed E-state index contributed by atoms with van der Waals surface area (Å²) in [5, 5.41) is 24.4. The van der Waals surface area contributed by atoms with Gasteiger partial charge in [-0.1, -0.05) is 6.07 Å². The van der Waals surface area contributed by atoms with Crippen LogP contribution in [-0.2, 0) is 22.6 Å². The van der Waals surface area contributed by atoms with Gasteiger partial charge in [-0.25, -0.2) is 4.39 Å². The lowest BCUT2D eigenvalue weighted by molar-refractivity contribution is -0.132. The van der Waals surface area contributed by atoms with Crippen LogP contribution in [0.4, 0.5) is 4.39 Å². The van der Waals surface area contributed by atoms with Gasteiger partial charge in [0.2, 0.25) is 0 Å². The number of nitrogens with one attached hydrogen (secondary N) is 2. The summed E-state index contributed by atoms with van der Waals surface area (Å²) < 4.78 is 26.2. The third-order valence-corrected chi connectivity index (χ3v) is 5.40. The zero-order chi connectivity index (χ0) is 21.8. The Morgan fingerprint density at radius 1 is 1.29 bits per heavy atom. The Morgan fingerprint density at radius 3 is 2.97 bits per heavy atom.